The summed E-state index contributed by atoms with van der Waals surface area (Å²) in [5.41, 5.74) is 0. The molecule has 0 saturated carbocycles. The van der Waals surface area contributed by atoms with Gasteiger partial charge in [-0.25, -0.2) is 8.42 Å². The van der Waals surface area contributed by atoms with Crippen molar-refractivity contribution in [2.75, 3.05) is 13.2 Å². The van der Waals surface area contributed by atoms with Gasteiger partial charge < -0.3 is 14.6 Å². The lowest BCUT2D eigenvalue weighted by Crippen LogP contribution is -2.40. The number of halogens is 1. The number of hydrogen-bond acceptors (Lipinski definition) is 5. The van der Waals surface area contributed by atoms with Crippen molar-refractivity contribution in [2.45, 2.75) is 37.1 Å². The molecule has 0 aromatic heterocycles. The van der Waals surface area contributed by atoms with Crippen LogP contribution in [0.1, 0.15) is 26.2 Å². The maximum absolute atomic E-state index is 12.5. The Morgan fingerprint density at radius 3 is 2.52 bits per heavy atom. The molecule has 1 heterocycles. The van der Waals surface area contributed by atoms with Gasteiger partial charge in [-0.2, -0.15) is 4.72 Å². The van der Waals surface area contributed by atoms with E-state index in [4.69, 9.17) is 26.2 Å². The van der Waals surface area contributed by atoms with Crippen LogP contribution in [0.5, 0.6) is 11.5 Å². The van der Waals surface area contributed by atoms with Crippen LogP contribution in [0.4, 0.5) is 0 Å². The van der Waals surface area contributed by atoms with Crippen LogP contribution >= 0.6 is 11.6 Å². The lowest BCUT2D eigenvalue weighted by molar-refractivity contribution is -0.139. The largest absolute Gasteiger partial charge is 0.486 e. The maximum Gasteiger partial charge on any atom is 0.321 e. The summed E-state index contributed by atoms with van der Waals surface area (Å²) in [6.45, 7) is 2.55. The van der Waals surface area contributed by atoms with Crippen LogP contribution in [0.15, 0.2) is 17.0 Å². The van der Waals surface area contributed by atoms with Gasteiger partial charge in [0.1, 0.15) is 24.2 Å². The van der Waals surface area contributed by atoms with Gasteiger partial charge >= 0.3 is 5.97 Å². The van der Waals surface area contributed by atoms with Gasteiger partial charge in [0.05, 0.1) is 5.02 Å². The Kier molecular flexibility index (Phi) is 5.72. The SMILES string of the molecule is CCCC[C@H](NS(=O)(=O)c1cc2c(cc1Cl)OCCO2)C(=O)O. The minimum absolute atomic E-state index is 0.0543. The molecule has 0 radical (unpaired) electrons. The van der Waals surface area contributed by atoms with Crippen LogP contribution in [0.25, 0.3) is 0 Å². The molecule has 1 atom stereocenters. The Morgan fingerprint density at radius 2 is 1.96 bits per heavy atom. The Morgan fingerprint density at radius 1 is 1.35 bits per heavy atom. The fraction of sp³-hybridized carbons (Fsp3) is 0.500. The molecule has 0 spiro atoms. The molecule has 1 aliphatic heterocycles. The number of carbonyl (C=O) groups is 1. The van der Waals surface area contributed by atoms with E-state index < -0.39 is 22.0 Å². The fourth-order valence-corrected chi connectivity index (χ4v) is 3.90. The third-order valence-electron chi connectivity index (χ3n) is 3.33. The molecule has 1 aliphatic rings. The van der Waals surface area contributed by atoms with E-state index >= 15 is 0 Å². The number of carboxylic acid groups (broad SMARTS) is 1. The van der Waals surface area contributed by atoms with Crippen molar-refractivity contribution in [2.24, 2.45) is 0 Å². The number of ether oxygens (including phenoxy) is 2. The Bertz CT molecular complexity index is 691. The van der Waals surface area contributed by atoms with Crippen molar-refractivity contribution in [3.8, 4) is 11.5 Å². The molecule has 0 fully saturated rings. The number of nitrogens with one attached hydrogen (secondary N) is 1. The second-order valence-corrected chi connectivity index (χ2v) is 7.17. The van der Waals surface area contributed by atoms with Crippen molar-refractivity contribution in [1.29, 1.82) is 0 Å². The Balaban J connectivity index is 2.29. The number of hydrogen-bond donors (Lipinski definition) is 2. The third kappa shape index (κ3) is 4.27. The van der Waals surface area contributed by atoms with E-state index in [2.05, 4.69) is 4.72 Å². The summed E-state index contributed by atoms with van der Waals surface area (Å²) in [7, 11) is -4.10. The maximum atomic E-state index is 12.5. The highest BCUT2D eigenvalue weighted by Gasteiger charge is 2.28. The van der Waals surface area contributed by atoms with Crippen molar-refractivity contribution in [3.05, 3.63) is 17.2 Å². The Hall–Kier alpha value is -1.51. The van der Waals surface area contributed by atoms with E-state index in [9.17, 15) is 13.2 Å². The summed E-state index contributed by atoms with van der Waals surface area (Å²) >= 11 is 6.01. The second-order valence-electron chi connectivity index (χ2n) is 5.08. The molecular formula is C14H18ClNO6S. The molecule has 0 saturated heterocycles. The average Bonchev–Trinajstić information content (AvgIpc) is 2.50. The van der Waals surface area contributed by atoms with Crippen LogP contribution in [-0.2, 0) is 14.8 Å². The average molecular weight is 364 g/mol. The standard InChI is InChI=1S/C14H18ClNO6S/c1-2-3-4-10(14(17)18)16-23(19,20)13-8-12-11(7-9(13)15)21-5-6-22-12/h7-8,10,16H,2-6H2,1H3,(H,17,18)/t10-/m0/s1. The summed E-state index contributed by atoms with van der Waals surface area (Å²) in [6.07, 6.45) is 1.55. The monoisotopic (exact) mass is 363 g/mol. The number of sulfonamides is 1. The number of benzene rings is 1. The van der Waals surface area contributed by atoms with E-state index in [-0.39, 0.29) is 22.1 Å². The molecule has 1 aromatic carbocycles. The lowest BCUT2D eigenvalue weighted by Gasteiger charge is -2.20. The highest BCUT2D eigenvalue weighted by Crippen LogP contribution is 2.37. The molecule has 0 amide bonds. The molecule has 9 heteroatoms. The summed E-state index contributed by atoms with van der Waals surface area (Å²) in [5, 5.41) is 9.11. The van der Waals surface area contributed by atoms with Gasteiger partial charge in [-0.15, -0.1) is 0 Å². The summed E-state index contributed by atoms with van der Waals surface area (Å²) < 4.78 is 37.8. The van der Waals surface area contributed by atoms with Crippen molar-refractivity contribution < 1.29 is 27.8 Å². The molecule has 1 aromatic rings. The molecule has 0 bridgehead atoms. The van der Waals surface area contributed by atoms with Gasteiger partial charge in [-0.05, 0) is 6.42 Å². The number of carboxylic acids is 1. The van der Waals surface area contributed by atoms with Gasteiger partial charge in [-0.3, -0.25) is 4.79 Å². The second kappa shape index (κ2) is 7.37. The third-order valence-corrected chi connectivity index (χ3v) is 5.26. The lowest BCUT2D eigenvalue weighted by atomic mass is 10.1. The first kappa shape index (κ1) is 17.8. The first-order valence-corrected chi connectivity index (χ1v) is 9.05. The first-order valence-electron chi connectivity index (χ1n) is 7.19. The number of rotatable bonds is 7. The molecule has 23 heavy (non-hydrogen) atoms. The van der Waals surface area contributed by atoms with Crippen LogP contribution in [-0.4, -0.2) is 38.7 Å². The molecule has 0 aliphatic carbocycles. The van der Waals surface area contributed by atoms with Gasteiger partial charge in [0.2, 0.25) is 10.0 Å². The zero-order chi connectivity index (χ0) is 17.0. The van der Waals surface area contributed by atoms with Gasteiger partial charge in [0.25, 0.3) is 0 Å². The van der Waals surface area contributed by atoms with E-state index in [0.717, 1.165) is 6.42 Å². The van der Waals surface area contributed by atoms with Gasteiger partial charge in [0, 0.05) is 12.1 Å². The van der Waals surface area contributed by atoms with Crippen molar-refractivity contribution >= 4 is 27.6 Å². The fourth-order valence-electron chi connectivity index (χ4n) is 2.14. The van der Waals surface area contributed by atoms with Crippen LogP contribution in [0.3, 0.4) is 0 Å². The molecule has 7 nitrogen and oxygen atoms in total. The highest BCUT2D eigenvalue weighted by molar-refractivity contribution is 7.89. The Labute approximate surface area is 139 Å². The molecule has 0 unspecified atom stereocenters. The van der Waals surface area contributed by atoms with Crippen LogP contribution < -0.4 is 14.2 Å². The summed E-state index contributed by atoms with van der Waals surface area (Å²) in [4.78, 5) is 11.0. The van der Waals surface area contributed by atoms with Crippen molar-refractivity contribution in [3.63, 3.8) is 0 Å². The minimum atomic E-state index is -4.10. The predicted molar refractivity (Wildman–Crippen MR) is 83.7 cm³/mol. The van der Waals surface area contributed by atoms with Gasteiger partial charge in [-0.1, -0.05) is 31.4 Å². The summed E-state index contributed by atoms with van der Waals surface area (Å²) in [6, 6.07) is 1.40. The van der Waals surface area contributed by atoms with Gasteiger partial charge in [0.15, 0.2) is 11.5 Å². The number of aliphatic carboxylic acids is 1. The van der Waals surface area contributed by atoms with Crippen LogP contribution in [0.2, 0.25) is 5.02 Å². The van der Waals surface area contributed by atoms with Crippen molar-refractivity contribution in [1.82, 2.24) is 4.72 Å². The smallest absolute Gasteiger partial charge is 0.321 e. The van der Waals surface area contributed by atoms with Crippen LogP contribution in [0, 0.1) is 0 Å². The highest BCUT2D eigenvalue weighted by atomic mass is 35.5. The predicted octanol–water partition coefficient (Wildman–Crippen LogP) is 2.03. The number of unbranched alkanes of at least 4 members (excludes halogenated alkanes) is 1. The minimum Gasteiger partial charge on any atom is -0.486 e. The summed E-state index contributed by atoms with van der Waals surface area (Å²) in [5.74, 6) is -0.599. The van der Waals surface area contributed by atoms with E-state index in [1.807, 2.05) is 6.92 Å². The molecule has 2 N–H and O–H groups in total. The first-order chi connectivity index (χ1) is 10.8. The van der Waals surface area contributed by atoms with E-state index in [0.29, 0.717) is 25.4 Å². The van der Waals surface area contributed by atoms with E-state index in [1.165, 1.54) is 12.1 Å². The quantitative estimate of drug-likeness (QED) is 0.768. The number of fused-ring (bicyclic) bond motifs is 1. The zero-order valence-electron chi connectivity index (χ0n) is 12.5. The normalized spacial score (nSPS) is 15.2. The topological polar surface area (TPSA) is 102 Å². The molecular weight excluding hydrogens is 346 g/mol. The molecule has 128 valence electrons. The molecule has 2 rings (SSSR count). The zero-order valence-corrected chi connectivity index (χ0v) is 14.1. The van der Waals surface area contributed by atoms with E-state index in [1.54, 1.807) is 0 Å².